The number of hydrogen-bond acceptors (Lipinski definition) is 5. The smallest absolute Gasteiger partial charge is 0.324 e. The summed E-state index contributed by atoms with van der Waals surface area (Å²) in [5.41, 5.74) is 0.182. The number of likely N-dealkylation sites (tertiary alicyclic amines) is 1. The van der Waals surface area contributed by atoms with Crippen molar-refractivity contribution in [2.45, 2.75) is 38.3 Å². The van der Waals surface area contributed by atoms with Crippen LogP contribution in [0.25, 0.3) is 10.8 Å². The molecule has 0 amide bonds. The highest BCUT2D eigenvalue weighted by Gasteiger charge is 2.46. The molecule has 1 saturated heterocycles. The zero-order valence-corrected chi connectivity index (χ0v) is 12.7. The summed E-state index contributed by atoms with van der Waals surface area (Å²) in [4.78, 5) is 18.3. The van der Waals surface area contributed by atoms with Gasteiger partial charge in [-0.15, -0.1) is 11.3 Å². The maximum Gasteiger partial charge on any atom is 0.324 e. The zero-order chi connectivity index (χ0) is 14.9. The maximum absolute atomic E-state index is 11.7. The third-order valence-electron chi connectivity index (χ3n) is 4.24. The highest BCUT2D eigenvalue weighted by Crippen LogP contribution is 2.34. The van der Waals surface area contributed by atoms with Crippen LogP contribution >= 0.6 is 11.3 Å². The molecule has 0 spiro atoms. The fraction of sp³-hybridized carbons (Fsp3) is 0.467. The molecule has 3 heterocycles. The Hall–Kier alpha value is -1.66. The highest BCUT2D eigenvalue weighted by atomic mass is 32.1. The van der Waals surface area contributed by atoms with Gasteiger partial charge < -0.3 is 9.52 Å². The summed E-state index contributed by atoms with van der Waals surface area (Å²) in [7, 11) is 0. The lowest BCUT2D eigenvalue weighted by molar-refractivity contribution is -0.150. The first-order valence-corrected chi connectivity index (χ1v) is 8.00. The van der Waals surface area contributed by atoms with E-state index >= 15 is 0 Å². The van der Waals surface area contributed by atoms with Crippen molar-refractivity contribution in [3.8, 4) is 10.8 Å². The van der Waals surface area contributed by atoms with Gasteiger partial charge in [0.2, 0.25) is 0 Å². The first-order valence-electron chi connectivity index (χ1n) is 7.12. The van der Waals surface area contributed by atoms with Crippen molar-refractivity contribution in [1.29, 1.82) is 0 Å². The quantitative estimate of drug-likeness (QED) is 0.918. The Morgan fingerprint density at radius 3 is 3.14 bits per heavy atom. The molecule has 0 bridgehead atoms. The molecule has 1 aliphatic rings. The molecule has 0 saturated carbocycles. The van der Waals surface area contributed by atoms with E-state index in [-0.39, 0.29) is 0 Å². The van der Waals surface area contributed by atoms with Gasteiger partial charge in [0.25, 0.3) is 0 Å². The molecular weight excluding hydrogens is 288 g/mol. The Kier molecular flexibility index (Phi) is 3.82. The predicted octanol–water partition coefficient (Wildman–Crippen LogP) is 3.23. The minimum Gasteiger partial charge on any atom is -0.480 e. The second kappa shape index (κ2) is 5.61. The normalized spacial score (nSPS) is 22.7. The Labute approximate surface area is 127 Å². The van der Waals surface area contributed by atoms with Crippen molar-refractivity contribution in [3.05, 3.63) is 29.5 Å². The predicted molar refractivity (Wildman–Crippen MR) is 80.1 cm³/mol. The third kappa shape index (κ3) is 2.49. The van der Waals surface area contributed by atoms with Crippen molar-refractivity contribution in [2.24, 2.45) is 0 Å². The topological polar surface area (TPSA) is 66.6 Å². The molecule has 1 atom stereocenters. The lowest BCUT2D eigenvalue weighted by Crippen LogP contribution is -2.49. The molecule has 0 radical (unpaired) electrons. The van der Waals surface area contributed by atoms with Crippen LogP contribution in [-0.2, 0) is 11.3 Å². The molecule has 21 heavy (non-hydrogen) atoms. The van der Waals surface area contributed by atoms with E-state index < -0.39 is 11.5 Å². The number of aromatic nitrogens is 1. The third-order valence-corrected chi connectivity index (χ3v) is 5.15. The van der Waals surface area contributed by atoms with Crippen molar-refractivity contribution in [2.75, 3.05) is 6.54 Å². The molecule has 2 aromatic rings. The Bertz CT molecular complexity index is 623. The van der Waals surface area contributed by atoms with E-state index in [1.54, 1.807) is 6.26 Å². The minimum absolute atomic E-state index is 0.581. The molecule has 1 unspecified atom stereocenters. The van der Waals surface area contributed by atoms with Crippen LogP contribution in [0, 0.1) is 0 Å². The van der Waals surface area contributed by atoms with E-state index in [2.05, 4.69) is 9.88 Å². The molecule has 6 heteroatoms. The van der Waals surface area contributed by atoms with Crippen LogP contribution in [0.1, 0.15) is 31.9 Å². The van der Waals surface area contributed by atoms with E-state index in [0.717, 1.165) is 29.4 Å². The molecule has 112 valence electrons. The maximum atomic E-state index is 11.7. The van der Waals surface area contributed by atoms with Gasteiger partial charge in [-0.1, -0.05) is 6.92 Å². The summed E-state index contributed by atoms with van der Waals surface area (Å²) >= 11 is 1.53. The highest BCUT2D eigenvalue weighted by molar-refractivity contribution is 7.13. The molecule has 3 rings (SSSR count). The Morgan fingerprint density at radius 2 is 2.48 bits per heavy atom. The number of nitrogens with zero attached hydrogens (tertiary/aromatic N) is 2. The van der Waals surface area contributed by atoms with Crippen LogP contribution in [0.5, 0.6) is 0 Å². The van der Waals surface area contributed by atoms with Gasteiger partial charge >= 0.3 is 5.97 Å². The van der Waals surface area contributed by atoms with Gasteiger partial charge in [-0.05, 0) is 37.9 Å². The Balaban J connectivity index is 1.79. The van der Waals surface area contributed by atoms with Crippen molar-refractivity contribution < 1.29 is 14.3 Å². The average molecular weight is 306 g/mol. The summed E-state index contributed by atoms with van der Waals surface area (Å²) in [5.74, 6) is 0.0386. The number of carboxylic acids is 1. The zero-order valence-electron chi connectivity index (χ0n) is 11.9. The number of rotatable bonds is 5. The largest absolute Gasteiger partial charge is 0.480 e. The molecule has 1 aliphatic heterocycles. The minimum atomic E-state index is -0.728. The van der Waals surface area contributed by atoms with Crippen LogP contribution in [0.3, 0.4) is 0 Å². The second-order valence-electron chi connectivity index (χ2n) is 5.34. The van der Waals surface area contributed by atoms with E-state index in [1.807, 2.05) is 24.4 Å². The van der Waals surface area contributed by atoms with Crippen LogP contribution < -0.4 is 0 Å². The number of carboxylic acid groups (broad SMARTS) is 1. The lowest BCUT2D eigenvalue weighted by atomic mass is 9.93. The fourth-order valence-corrected chi connectivity index (χ4v) is 3.82. The molecule has 5 nitrogen and oxygen atoms in total. The number of thiazole rings is 1. The van der Waals surface area contributed by atoms with Gasteiger partial charge in [-0.3, -0.25) is 9.69 Å². The van der Waals surface area contributed by atoms with Crippen LogP contribution in [0.15, 0.2) is 28.2 Å². The molecule has 1 N–H and O–H groups in total. The van der Waals surface area contributed by atoms with Gasteiger partial charge in [0, 0.05) is 11.9 Å². The van der Waals surface area contributed by atoms with Crippen molar-refractivity contribution >= 4 is 17.3 Å². The van der Waals surface area contributed by atoms with Crippen molar-refractivity contribution in [1.82, 2.24) is 9.88 Å². The average Bonchev–Trinajstić information content (AvgIpc) is 3.19. The van der Waals surface area contributed by atoms with E-state index in [9.17, 15) is 9.90 Å². The van der Waals surface area contributed by atoms with Gasteiger partial charge in [-0.25, -0.2) is 4.98 Å². The van der Waals surface area contributed by atoms with E-state index in [0.29, 0.717) is 19.4 Å². The summed E-state index contributed by atoms with van der Waals surface area (Å²) in [5, 5.41) is 12.4. The number of furan rings is 1. The summed E-state index contributed by atoms with van der Waals surface area (Å²) in [6, 6.07) is 3.72. The first kappa shape index (κ1) is 14.3. The SMILES string of the molecule is CCC1(C(=O)O)CCCN1Cc1csc(-c2ccco2)n1. The van der Waals surface area contributed by atoms with Gasteiger partial charge in [0.15, 0.2) is 10.8 Å². The van der Waals surface area contributed by atoms with E-state index in [1.165, 1.54) is 11.3 Å². The number of aliphatic carboxylic acids is 1. The standard InChI is InChI=1S/C15H18N2O3S/c1-2-15(14(18)19)6-4-7-17(15)9-11-10-21-13(16-11)12-5-3-8-20-12/h3,5,8,10H,2,4,6-7,9H2,1H3,(H,18,19). The first-order chi connectivity index (χ1) is 10.2. The van der Waals surface area contributed by atoms with Crippen LogP contribution in [0.2, 0.25) is 0 Å². The molecule has 0 aromatic carbocycles. The lowest BCUT2D eigenvalue weighted by Gasteiger charge is -2.33. The van der Waals surface area contributed by atoms with Gasteiger partial charge in [0.1, 0.15) is 5.54 Å². The van der Waals surface area contributed by atoms with Crippen molar-refractivity contribution in [3.63, 3.8) is 0 Å². The van der Waals surface area contributed by atoms with Crippen LogP contribution in [0.4, 0.5) is 0 Å². The van der Waals surface area contributed by atoms with Gasteiger partial charge in [-0.2, -0.15) is 0 Å². The molecule has 2 aromatic heterocycles. The number of hydrogen-bond donors (Lipinski definition) is 1. The van der Waals surface area contributed by atoms with Gasteiger partial charge in [0.05, 0.1) is 12.0 Å². The second-order valence-corrected chi connectivity index (χ2v) is 6.19. The Morgan fingerprint density at radius 1 is 1.62 bits per heavy atom. The monoisotopic (exact) mass is 306 g/mol. The summed E-state index contributed by atoms with van der Waals surface area (Å²) in [6.45, 7) is 3.34. The molecule has 1 fully saturated rings. The number of carbonyl (C=O) groups is 1. The summed E-state index contributed by atoms with van der Waals surface area (Å²) in [6.07, 6.45) is 3.89. The molecule has 0 aliphatic carbocycles. The molecular formula is C15H18N2O3S. The fourth-order valence-electron chi connectivity index (χ4n) is 3.05. The van der Waals surface area contributed by atoms with Crippen LogP contribution in [-0.4, -0.2) is 33.0 Å². The van der Waals surface area contributed by atoms with E-state index in [4.69, 9.17) is 4.42 Å². The summed E-state index contributed by atoms with van der Waals surface area (Å²) < 4.78 is 5.34.